The van der Waals surface area contributed by atoms with Gasteiger partial charge in [0, 0.05) is 42.9 Å². The second kappa shape index (κ2) is 11.6. The Hall–Kier alpha value is -3.64. The summed E-state index contributed by atoms with van der Waals surface area (Å²) in [6, 6.07) is 18.6. The molecule has 0 spiro atoms. The van der Waals surface area contributed by atoms with E-state index in [1.165, 1.54) is 18.0 Å². The van der Waals surface area contributed by atoms with Crippen molar-refractivity contribution in [2.24, 2.45) is 7.05 Å². The third-order valence-corrected chi connectivity index (χ3v) is 7.10. The van der Waals surface area contributed by atoms with Gasteiger partial charge in [0.1, 0.15) is 0 Å². The van der Waals surface area contributed by atoms with Gasteiger partial charge in [-0.25, -0.2) is 4.68 Å². The molecule has 2 aromatic heterocycles. The summed E-state index contributed by atoms with van der Waals surface area (Å²) in [5.41, 5.74) is 3.84. The van der Waals surface area contributed by atoms with E-state index in [0.717, 1.165) is 16.7 Å². The second-order valence-corrected chi connectivity index (χ2v) is 9.55. The number of ether oxygens (including phenoxy) is 2. The van der Waals surface area contributed by atoms with Crippen molar-refractivity contribution in [2.45, 2.75) is 36.7 Å². The number of hydrogen-bond donors (Lipinski definition) is 2. The minimum atomic E-state index is -0.595. The highest BCUT2D eigenvalue weighted by atomic mass is 32.2. The van der Waals surface area contributed by atoms with Crippen molar-refractivity contribution in [1.29, 1.82) is 0 Å². The maximum Gasteiger partial charge on any atom is 0.257 e. The zero-order valence-electron chi connectivity index (χ0n) is 20.1. The van der Waals surface area contributed by atoms with Crippen molar-refractivity contribution < 1.29 is 19.4 Å². The number of rotatable bonds is 8. The van der Waals surface area contributed by atoms with E-state index in [0.29, 0.717) is 28.6 Å². The van der Waals surface area contributed by atoms with Gasteiger partial charge in [0.2, 0.25) is 5.16 Å². The Bertz CT molecular complexity index is 1320. The number of benzene rings is 2. The molecule has 4 aromatic rings. The van der Waals surface area contributed by atoms with Gasteiger partial charge in [0.05, 0.1) is 24.4 Å². The smallest absolute Gasteiger partial charge is 0.257 e. The number of hydrogen-bond acceptors (Lipinski definition) is 9. The fourth-order valence-electron chi connectivity index (χ4n) is 3.96. The van der Waals surface area contributed by atoms with Crippen LogP contribution in [0.5, 0.6) is 0 Å². The molecule has 5 rings (SSSR count). The molecule has 10 nitrogen and oxygen atoms in total. The molecule has 1 aliphatic heterocycles. The predicted octanol–water partition coefficient (Wildman–Crippen LogP) is 3.69. The molecule has 1 amide bonds. The summed E-state index contributed by atoms with van der Waals surface area (Å²) in [6.45, 7) is -0.00773. The summed E-state index contributed by atoms with van der Waals surface area (Å²) < 4.78 is 14.3. The van der Waals surface area contributed by atoms with Crippen molar-refractivity contribution in [2.75, 3.05) is 11.1 Å². The lowest BCUT2D eigenvalue weighted by Gasteiger charge is -2.36. The number of aryl methyl sites for hydroxylation is 1. The Balaban J connectivity index is 1.31. The molecule has 2 N–H and O–H groups in total. The highest BCUT2D eigenvalue weighted by Gasteiger charge is 2.32. The van der Waals surface area contributed by atoms with Gasteiger partial charge in [-0.3, -0.25) is 9.78 Å². The number of aromatic nitrogens is 5. The van der Waals surface area contributed by atoms with E-state index in [2.05, 4.69) is 25.8 Å². The number of carbonyl (C=O) groups is 1. The number of pyridine rings is 1. The van der Waals surface area contributed by atoms with E-state index in [1.807, 2.05) is 48.5 Å². The Labute approximate surface area is 218 Å². The molecule has 3 atom stereocenters. The molecule has 0 unspecified atom stereocenters. The largest absolute Gasteiger partial charge is 0.392 e. The molecule has 1 aliphatic rings. The quantitative estimate of drug-likeness (QED) is 0.336. The molecule has 1 saturated heterocycles. The van der Waals surface area contributed by atoms with E-state index in [4.69, 9.17) is 9.47 Å². The zero-order valence-corrected chi connectivity index (χ0v) is 20.9. The van der Waals surface area contributed by atoms with Gasteiger partial charge in [0.25, 0.3) is 5.91 Å². The van der Waals surface area contributed by atoms with Crippen LogP contribution < -0.4 is 5.32 Å². The lowest BCUT2D eigenvalue weighted by Crippen LogP contribution is -2.31. The van der Waals surface area contributed by atoms with Gasteiger partial charge < -0.3 is 19.9 Å². The van der Waals surface area contributed by atoms with Crippen molar-refractivity contribution in [3.05, 3.63) is 95.3 Å². The summed E-state index contributed by atoms with van der Waals surface area (Å²) in [7, 11) is 1.80. The average Bonchev–Trinajstić information content (AvgIpc) is 3.37. The Kier molecular flexibility index (Phi) is 7.85. The predicted molar refractivity (Wildman–Crippen MR) is 137 cm³/mol. The second-order valence-electron chi connectivity index (χ2n) is 8.56. The SMILES string of the molecule is Cn1nnnc1SC[C@@H]1C[C@H](c2ccc(CO)cc2)O[C@H](c2ccc(NC(=O)c3cccnc3)cc2)O1. The molecule has 0 bridgehead atoms. The van der Waals surface area contributed by atoms with Gasteiger partial charge in [-0.05, 0) is 45.8 Å². The molecule has 1 fully saturated rings. The number of tetrazole rings is 1. The van der Waals surface area contributed by atoms with Crippen LogP contribution in [0.3, 0.4) is 0 Å². The summed E-state index contributed by atoms with van der Waals surface area (Å²) in [5, 5.41) is 24.6. The number of anilines is 1. The molecule has 2 aromatic carbocycles. The number of amides is 1. The first kappa shape index (κ1) is 25.0. The van der Waals surface area contributed by atoms with Crippen LogP contribution >= 0.6 is 11.8 Å². The molecule has 37 heavy (non-hydrogen) atoms. The Morgan fingerprint density at radius 2 is 1.89 bits per heavy atom. The number of nitrogens with one attached hydrogen (secondary N) is 1. The lowest BCUT2D eigenvalue weighted by molar-refractivity contribution is -0.245. The topological polar surface area (TPSA) is 124 Å². The molecular weight excluding hydrogens is 492 g/mol. The fraction of sp³-hybridized carbons (Fsp3) is 0.269. The van der Waals surface area contributed by atoms with Crippen LogP contribution in [0, 0.1) is 0 Å². The highest BCUT2D eigenvalue weighted by molar-refractivity contribution is 7.99. The fourth-order valence-corrected chi connectivity index (χ4v) is 4.82. The zero-order chi connectivity index (χ0) is 25.6. The average molecular weight is 519 g/mol. The monoisotopic (exact) mass is 518 g/mol. The van der Waals surface area contributed by atoms with E-state index in [-0.39, 0.29) is 24.7 Å². The van der Waals surface area contributed by atoms with Gasteiger partial charge in [-0.1, -0.05) is 48.2 Å². The lowest BCUT2D eigenvalue weighted by atomic mass is 10.0. The van der Waals surface area contributed by atoms with Crippen LogP contribution in [-0.2, 0) is 23.1 Å². The van der Waals surface area contributed by atoms with Crippen molar-refractivity contribution in [3.63, 3.8) is 0 Å². The Morgan fingerprint density at radius 1 is 1.11 bits per heavy atom. The minimum Gasteiger partial charge on any atom is -0.392 e. The molecule has 11 heteroatoms. The van der Waals surface area contributed by atoms with Gasteiger partial charge in [-0.2, -0.15) is 0 Å². The standard InChI is InChI=1S/C26H26N6O4S/c1-32-26(29-30-31-32)37-16-22-13-23(18-6-4-17(15-33)5-7-18)36-25(35-22)19-8-10-21(11-9-19)28-24(34)20-3-2-12-27-14-20/h2-12,14,22-23,25,33H,13,15-16H2,1H3,(H,28,34)/t22-,23+,25+/m0/s1. The van der Waals surface area contributed by atoms with E-state index < -0.39 is 6.29 Å². The van der Waals surface area contributed by atoms with Crippen molar-refractivity contribution >= 4 is 23.4 Å². The number of aliphatic hydroxyl groups is 1. The first-order valence-corrected chi connectivity index (χ1v) is 12.7. The molecular formula is C26H26N6O4S. The minimum absolute atomic E-state index is 0.00773. The summed E-state index contributed by atoms with van der Waals surface area (Å²) in [4.78, 5) is 16.4. The van der Waals surface area contributed by atoms with E-state index in [9.17, 15) is 9.90 Å². The van der Waals surface area contributed by atoms with Crippen LogP contribution in [0.1, 0.15) is 45.9 Å². The van der Waals surface area contributed by atoms with Crippen molar-refractivity contribution in [3.8, 4) is 0 Å². The van der Waals surface area contributed by atoms with Gasteiger partial charge >= 0.3 is 0 Å². The number of carbonyl (C=O) groups excluding carboxylic acids is 1. The first-order valence-electron chi connectivity index (χ1n) is 11.8. The number of thioether (sulfide) groups is 1. The van der Waals surface area contributed by atoms with Crippen LogP contribution in [0.4, 0.5) is 5.69 Å². The molecule has 3 heterocycles. The summed E-state index contributed by atoms with van der Waals surface area (Å²) in [5.74, 6) is 0.422. The van der Waals surface area contributed by atoms with Crippen LogP contribution in [0.2, 0.25) is 0 Å². The number of aliphatic hydroxyl groups excluding tert-OH is 1. The highest BCUT2D eigenvalue weighted by Crippen LogP contribution is 2.39. The summed E-state index contributed by atoms with van der Waals surface area (Å²) in [6.07, 6.45) is 2.90. The molecule has 0 radical (unpaired) electrons. The van der Waals surface area contributed by atoms with E-state index >= 15 is 0 Å². The third kappa shape index (κ3) is 6.20. The van der Waals surface area contributed by atoms with E-state index in [1.54, 1.807) is 30.1 Å². The van der Waals surface area contributed by atoms with Crippen LogP contribution in [0.25, 0.3) is 0 Å². The first-order chi connectivity index (χ1) is 18.1. The summed E-state index contributed by atoms with van der Waals surface area (Å²) >= 11 is 1.53. The van der Waals surface area contributed by atoms with Crippen molar-refractivity contribution in [1.82, 2.24) is 25.2 Å². The molecule has 0 aliphatic carbocycles. The Morgan fingerprint density at radius 3 is 2.57 bits per heavy atom. The normalized spacial score (nSPS) is 19.5. The maximum atomic E-state index is 12.4. The molecule has 190 valence electrons. The van der Waals surface area contributed by atoms with Crippen LogP contribution in [-0.4, -0.2) is 48.1 Å². The van der Waals surface area contributed by atoms with Crippen LogP contribution in [0.15, 0.2) is 78.2 Å². The van der Waals surface area contributed by atoms with Gasteiger partial charge in [-0.15, -0.1) is 5.10 Å². The number of nitrogens with zero attached hydrogens (tertiary/aromatic N) is 5. The maximum absolute atomic E-state index is 12.4. The molecule has 0 saturated carbocycles. The third-order valence-electron chi connectivity index (χ3n) is 5.96. The van der Waals surface area contributed by atoms with Gasteiger partial charge in [0.15, 0.2) is 6.29 Å².